The first kappa shape index (κ1) is 35.9. The van der Waals surface area contributed by atoms with Crippen LogP contribution in [0.4, 0.5) is 17.1 Å². The van der Waals surface area contributed by atoms with Crippen molar-refractivity contribution in [3.8, 4) is 0 Å². The van der Waals surface area contributed by atoms with E-state index in [1.807, 2.05) is 48.5 Å². The fourth-order valence-electron chi connectivity index (χ4n) is 6.26. The molecule has 2 saturated heterocycles. The van der Waals surface area contributed by atoms with Crippen LogP contribution in [0, 0.1) is 10.1 Å². The van der Waals surface area contributed by atoms with Crippen molar-refractivity contribution in [1.29, 1.82) is 0 Å². The molecule has 0 radical (unpaired) electrons. The van der Waals surface area contributed by atoms with Gasteiger partial charge >= 0.3 is 0 Å². The van der Waals surface area contributed by atoms with Crippen molar-refractivity contribution in [2.24, 2.45) is 0 Å². The molecular formula is C36H45N5O8. The zero-order valence-electron chi connectivity index (χ0n) is 27.5. The number of piperazine rings is 1. The fourth-order valence-corrected chi connectivity index (χ4v) is 6.26. The van der Waals surface area contributed by atoms with Crippen LogP contribution in [0.25, 0.3) is 0 Å². The minimum Gasteiger partial charge on any atom is -0.392 e. The summed E-state index contributed by atoms with van der Waals surface area (Å²) in [6.07, 6.45) is 3.21. The van der Waals surface area contributed by atoms with Gasteiger partial charge in [0.15, 0.2) is 6.29 Å². The molecule has 2 amide bonds. The fraction of sp³-hybridized carbons (Fsp3) is 0.444. The monoisotopic (exact) mass is 675 g/mol. The SMILES string of the molecule is O=C(CCCCCCC(=O)Nc1cccc([C@H]2O[C@@H](CN3CCN(c4ccc([N+](=O)[O-])cc4)CC3)C[C@@H](c3ccc(CO)cc3)O2)c1)NO. The molecule has 262 valence electrons. The van der Waals surface area contributed by atoms with Gasteiger partial charge < -0.3 is 24.8 Å². The van der Waals surface area contributed by atoms with E-state index in [1.165, 1.54) is 0 Å². The number of amides is 2. The predicted octanol–water partition coefficient (Wildman–Crippen LogP) is 5.24. The predicted molar refractivity (Wildman–Crippen MR) is 183 cm³/mol. The number of aliphatic hydroxyl groups is 1. The maximum absolute atomic E-state index is 12.7. The third-order valence-corrected chi connectivity index (χ3v) is 9.00. The highest BCUT2D eigenvalue weighted by atomic mass is 16.7. The molecule has 0 unspecified atom stereocenters. The van der Waals surface area contributed by atoms with Gasteiger partial charge in [-0.3, -0.25) is 29.8 Å². The highest BCUT2D eigenvalue weighted by Crippen LogP contribution is 2.39. The second-order valence-electron chi connectivity index (χ2n) is 12.5. The van der Waals surface area contributed by atoms with Crippen molar-refractivity contribution in [1.82, 2.24) is 10.4 Å². The molecule has 3 aromatic carbocycles. The first-order valence-electron chi connectivity index (χ1n) is 16.9. The quantitative estimate of drug-likeness (QED) is 0.0724. The third-order valence-electron chi connectivity index (χ3n) is 9.00. The molecule has 0 saturated carbocycles. The maximum atomic E-state index is 12.7. The first-order valence-corrected chi connectivity index (χ1v) is 16.9. The van der Waals surface area contributed by atoms with Crippen molar-refractivity contribution >= 4 is 28.9 Å². The van der Waals surface area contributed by atoms with E-state index in [0.717, 1.165) is 61.4 Å². The lowest BCUT2D eigenvalue weighted by molar-refractivity contribution is -0.384. The molecule has 2 aliphatic rings. The Morgan fingerprint density at radius 2 is 1.55 bits per heavy atom. The number of carbonyl (C=O) groups excluding carboxylic acids is 2. The third kappa shape index (κ3) is 10.5. The lowest BCUT2D eigenvalue weighted by Crippen LogP contribution is -2.49. The molecule has 13 heteroatoms. The van der Waals surface area contributed by atoms with E-state index in [-0.39, 0.29) is 41.8 Å². The smallest absolute Gasteiger partial charge is 0.269 e. The minimum absolute atomic E-state index is 0.0338. The Labute approximate surface area is 285 Å². The van der Waals surface area contributed by atoms with Crippen LogP contribution >= 0.6 is 0 Å². The van der Waals surface area contributed by atoms with Crippen molar-refractivity contribution < 1.29 is 34.3 Å². The Morgan fingerprint density at radius 3 is 2.20 bits per heavy atom. The van der Waals surface area contributed by atoms with Gasteiger partial charge in [-0.15, -0.1) is 0 Å². The van der Waals surface area contributed by atoms with Crippen LogP contribution < -0.4 is 15.7 Å². The van der Waals surface area contributed by atoms with Crippen LogP contribution in [0.3, 0.4) is 0 Å². The van der Waals surface area contributed by atoms with Gasteiger partial charge in [0.2, 0.25) is 11.8 Å². The van der Waals surface area contributed by atoms with Crippen molar-refractivity contribution in [2.45, 2.75) is 70.1 Å². The summed E-state index contributed by atoms with van der Waals surface area (Å²) in [4.78, 5) is 39.1. The van der Waals surface area contributed by atoms with Gasteiger partial charge in [0, 0.05) is 81.1 Å². The highest BCUT2D eigenvalue weighted by Gasteiger charge is 2.34. The average Bonchev–Trinajstić information content (AvgIpc) is 3.13. The van der Waals surface area contributed by atoms with Crippen LogP contribution in [0.5, 0.6) is 0 Å². The molecule has 5 rings (SSSR count). The number of carbonyl (C=O) groups is 2. The van der Waals surface area contributed by atoms with Crippen molar-refractivity contribution in [3.63, 3.8) is 0 Å². The van der Waals surface area contributed by atoms with E-state index < -0.39 is 12.2 Å². The minimum atomic E-state index is -0.657. The molecule has 4 N–H and O–H groups in total. The van der Waals surface area contributed by atoms with Crippen LogP contribution in [-0.4, -0.2) is 70.8 Å². The summed E-state index contributed by atoms with van der Waals surface area (Å²) in [6.45, 7) is 3.89. The van der Waals surface area contributed by atoms with E-state index >= 15 is 0 Å². The normalized spacial score (nSPS) is 19.7. The number of non-ortho nitro benzene ring substituents is 1. The van der Waals surface area contributed by atoms with Gasteiger partial charge in [-0.2, -0.15) is 0 Å². The van der Waals surface area contributed by atoms with Crippen LogP contribution in [-0.2, 0) is 25.7 Å². The number of nitro benzene ring substituents is 1. The van der Waals surface area contributed by atoms with E-state index in [2.05, 4.69) is 15.1 Å². The number of rotatable bonds is 15. The van der Waals surface area contributed by atoms with Gasteiger partial charge in [-0.1, -0.05) is 49.2 Å². The lowest BCUT2D eigenvalue weighted by atomic mass is 9.99. The Morgan fingerprint density at radius 1 is 0.857 bits per heavy atom. The molecule has 0 spiro atoms. The van der Waals surface area contributed by atoms with E-state index in [9.17, 15) is 24.8 Å². The number of anilines is 2. The number of benzene rings is 3. The summed E-state index contributed by atoms with van der Waals surface area (Å²) in [5, 5.41) is 32.1. The van der Waals surface area contributed by atoms with Crippen LogP contribution in [0.1, 0.15) is 74.0 Å². The maximum Gasteiger partial charge on any atom is 0.269 e. The Kier molecular flexibility index (Phi) is 13.1. The molecule has 2 heterocycles. The largest absolute Gasteiger partial charge is 0.392 e. The number of ether oxygens (including phenoxy) is 2. The number of nitro groups is 1. The molecule has 0 aromatic heterocycles. The Hall–Kier alpha value is -4.40. The Balaban J connectivity index is 1.19. The number of hydrogen-bond acceptors (Lipinski definition) is 10. The molecule has 13 nitrogen and oxygen atoms in total. The molecule has 49 heavy (non-hydrogen) atoms. The van der Waals surface area contributed by atoms with Gasteiger partial charge in [0.05, 0.1) is 23.7 Å². The molecule has 3 aromatic rings. The summed E-state index contributed by atoms with van der Waals surface area (Å²) in [5.74, 6) is -0.496. The van der Waals surface area contributed by atoms with Crippen LogP contribution in [0.2, 0.25) is 0 Å². The lowest BCUT2D eigenvalue weighted by Gasteiger charge is -2.41. The number of aliphatic hydroxyl groups excluding tert-OH is 1. The van der Waals surface area contributed by atoms with E-state index in [0.29, 0.717) is 37.9 Å². The second kappa shape index (κ2) is 17.8. The highest BCUT2D eigenvalue weighted by molar-refractivity contribution is 5.90. The average molecular weight is 676 g/mol. The Bertz CT molecular complexity index is 1530. The zero-order chi connectivity index (χ0) is 34.6. The van der Waals surface area contributed by atoms with Crippen molar-refractivity contribution in [2.75, 3.05) is 42.9 Å². The number of unbranched alkanes of at least 4 members (excludes halogenated alkanes) is 3. The summed E-state index contributed by atoms with van der Waals surface area (Å²) in [7, 11) is 0. The molecule has 0 bridgehead atoms. The topological polar surface area (TPSA) is 167 Å². The van der Waals surface area contributed by atoms with Gasteiger partial charge in [0.1, 0.15) is 0 Å². The van der Waals surface area contributed by atoms with Crippen LogP contribution in [0.15, 0.2) is 72.8 Å². The molecule has 0 aliphatic carbocycles. The summed E-state index contributed by atoms with van der Waals surface area (Å²) < 4.78 is 13.1. The molecular weight excluding hydrogens is 630 g/mol. The van der Waals surface area contributed by atoms with Crippen molar-refractivity contribution in [3.05, 3.63) is 99.6 Å². The first-order chi connectivity index (χ1) is 23.8. The molecule has 2 fully saturated rings. The summed E-state index contributed by atoms with van der Waals surface area (Å²) in [5.41, 5.74) is 5.95. The number of hydroxylamine groups is 1. The molecule has 3 atom stereocenters. The van der Waals surface area contributed by atoms with Gasteiger partial charge in [-0.05, 0) is 48.2 Å². The molecule has 2 aliphatic heterocycles. The van der Waals surface area contributed by atoms with E-state index in [4.69, 9.17) is 14.7 Å². The zero-order valence-corrected chi connectivity index (χ0v) is 27.5. The summed E-state index contributed by atoms with van der Waals surface area (Å²) in [6, 6.07) is 22.0. The number of nitrogens with one attached hydrogen (secondary N) is 2. The number of hydrogen-bond donors (Lipinski definition) is 4. The summed E-state index contributed by atoms with van der Waals surface area (Å²) >= 11 is 0. The van der Waals surface area contributed by atoms with Gasteiger partial charge in [-0.25, -0.2) is 5.48 Å². The van der Waals surface area contributed by atoms with Gasteiger partial charge in [0.25, 0.3) is 5.69 Å². The number of nitrogens with zero attached hydrogens (tertiary/aromatic N) is 3. The van der Waals surface area contributed by atoms with E-state index in [1.54, 1.807) is 29.7 Å². The standard InChI is InChI=1S/C36H45N5O8/c42-25-26-10-12-27(13-11-26)33-23-32(24-39-18-20-40(21-19-39)30-14-16-31(17-15-30)41(46)47)48-36(49-33)28-6-5-7-29(22-28)37-34(43)8-3-1-2-4-9-35(44)38-45/h5-7,10-17,22,32-33,36,42,45H,1-4,8-9,18-21,23-25H2,(H,37,43)(H,38,44)/t32-,33+,36+/m1/s1. The second-order valence-corrected chi connectivity index (χ2v) is 12.5.